The summed E-state index contributed by atoms with van der Waals surface area (Å²) < 4.78 is 5.77. The molecule has 1 heterocycles. The molecule has 0 atom stereocenters. The maximum Gasteiger partial charge on any atom is 0.125 e. The molecular weight excluding hydrogens is 256 g/mol. The molecule has 0 aromatic carbocycles. The highest BCUT2D eigenvalue weighted by Crippen LogP contribution is 2.46. The van der Waals surface area contributed by atoms with Gasteiger partial charge >= 0.3 is 0 Å². The molecule has 3 nitrogen and oxygen atoms in total. The molecule has 0 saturated heterocycles. The van der Waals surface area contributed by atoms with Crippen LogP contribution >= 0.6 is 11.3 Å². The largest absolute Gasteiger partial charge is 0.371 e. The second-order valence-corrected chi connectivity index (χ2v) is 6.90. The maximum absolute atomic E-state index is 5.77. The topological polar surface area (TPSA) is 34.1 Å². The third kappa shape index (κ3) is 3.18. The van der Waals surface area contributed by atoms with Crippen molar-refractivity contribution in [3.05, 3.63) is 15.6 Å². The summed E-state index contributed by atoms with van der Waals surface area (Å²) in [7, 11) is 1.83. The van der Waals surface area contributed by atoms with Gasteiger partial charge in [0.2, 0.25) is 0 Å². The number of ether oxygens (including phenoxy) is 1. The molecule has 1 N–H and O–H groups in total. The Bertz CT molecular complexity index is 405. The van der Waals surface area contributed by atoms with E-state index in [2.05, 4.69) is 26.1 Å². The minimum Gasteiger partial charge on any atom is -0.371 e. The molecule has 0 unspecified atom stereocenters. The molecule has 0 amide bonds. The first-order valence-corrected chi connectivity index (χ1v) is 8.18. The van der Waals surface area contributed by atoms with Gasteiger partial charge in [0.15, 0.2) is 0 Å². The predicted molar refractivity (Wildman–Crippen MR) is 80.6 cm³/mol. The number of nitrogens with zero attached hydrogens (tertiary/aromatic N) is 1. The maximum atomic E-state index is 5.77. The monoisotopic (exact) mass is 282 g/mol. The lowest BCUT2D eigenvalue weighted by Gasteiger charge is -2.38. The third-order valence-corrected chi connectivity index (χ3v) is 5.14. The number of aromatic nitrogens is 1. The van der Waals surface area contributed by atoms with Crippen LogP contribution in [0, 0.1) is 5.92 Å². The summed E-state index contributed by atoms with van der Waals surface area (Å²) in [6.07, 6.45) is 4.57. The van der Waals surface area contributed by atoms with E-state index in [1.807, 2.05) is 18.4 Å². The first-order valence-electron chi connectivity index (χ1n) is 7.36. The van der Waals surface area contributed by atoms with Crippen LogP contribution in [0.25, 0.3) is 0 Å². The molecule has 1 aromatic heterocycles. The molecule has 1 aliphatic rings. The second kappa shape index (κ2) is 6.33. The summed E-state index contributed by atoms with van der Waals surface area (Å²) in [5.74, 6) is 0.648. The van der Waals surface area contributed by atoms with Gasteiger partial charge in [0, 0.05) is 18.5 Å². The smallest absolute Gasteiger partial charge is 0.125 e. The highest BCUT2D eigenvalue weighted by molar-refractivity contribution is 7.11. The number of hydrogen-bond donors (Lipinski definition) is 1. The Morgan fingerprint density at radius 3 is 2.63 bits per heavy atom. The van der Waals surface area contributed by atoms with Crippen molar-refractivity contribution in [2.75, 3.05) is 13.7 Å². The van der Waals surface area contributed by atoms with E-state index in [9.17, 15) is 0 Å². The Morgan fingerprint density at radius 2 is 2.16 bits per heavy atom. The molecule has 1 aliphatic carbocycles. The minimum absolute atomic E-state index is 0.0686. The van der Waals surface area contributed by atoms with Crippen LogP contribution in [-0.2, 0) is 23.3 Å². The van der Waals surface area contributed by atoms with E-state index < -0.39 is 0 Å². The third-order valence-electron chi connectivity index (χ3n) is 3.86. The lowest BCUT2D eigenvalue weighted by molar-refractivity contribution is -0.0780. The molecule has 1 saturated carbocycles. The van der Waals surface area contributed by atoms with Crippen molar-refractivity contribution >= 4 is 11.3 Å². The van der Waals surface area contributed by atoms with Crippen LogP contribution < -0.4 is 5.32 Å². The molecule has 0 bridgehead atoms. The van der Waals surface area contributed by atoms with Crippen molar-refractivity contribution < 1.29 is 4.74 Å². The van der Waals surface area contributed by atoms with E-state index in [1.54, 1.807) is 0 Å². The molecule has 0 spiro atoms. The van der Waals surface area contributed by atoms with Crippen molar-refractivity contribution in [3.8, 4) is 0 Å². The first kappa shape index (κ1) is 14.9. The Morgan fingerprint density at radius 1 is 1.42 bits per heavy atom. The van der Waals surface area contributed by atoms with E-state index in [0.717, 1.165) is 32.4 Å². The van der Waals surface area contributed by atoms with Gasteiger partial charge in [-0.1, -0.05) is 20.8 Å². The lowest BCUT2D eigenvalue weighted by Crippen LogP contribution is -2.35. The Labute approximate surface area is 120 Å². The fourth-order valence-electron chi connectivity index (χ4n) is 2.50. The van der Waals surface area contributed by atoms with Crippen LogP contribution in [0.3, 0.4) is 0 Å². The summed E-state index contributed by atoms with van der Waals surface area (Å²) in [6, 6.07) is 0. The fraction of sp³-hybridized carbons (Fsp3) is 0.800. The summed E-state index contributed by atoms with van der Waals surface area (Å²) in [4.78, 5) is 6.32. The highest BCUT2D eigenvalue weighted by atomic mass is 32.1. The molecule has 108 valence electrons. The van der Waals surface area contributed by atoms with Crippen molar-refractivity contribution in [3.63, 3.8) is 0 Å². The number of nitrogens with one attached hydrogen (secondary N) is 1. The summed E-state index contributed by atoms with van der Waals surface area (Å²) in [6.45, 7) is 8.60. The quantitative estimate of drug-likeness (QED) is 0.831. The molecule has 1 fully saturated rings. The summed E-state index contributed by atoms with van der Waals surface area (Å²) >= 11 is 1.85. The number of hydrogen-bond acceptors (Lipinski definition) is 4. The van der Waals surface area contributed by atoms with Crippen molar-refractivity contribution in [1.29, 1.82) is 0 Å². The molecular formula is C15H26N2OS. The van der Waals surface area contributed by atoms with Gasteiger partial charge in [0.1, 0.15) is 10.6 Å². The van der Waals surface area contributed by atoms with E-state index in [4.69, 9.17) is 9.72 Å². The highest BCUT2D eigenvalue weighted by Gasteiger charge is 2.42. The van der Waals surface area contributed by atoms with Crippen molar-refractivity contribution in [2.45, 2.75) is 58.6 Å². The van der Waals surface area contributed by atoms with Gasteiger partial charge in [-0.2, -0.15) is 0 Å². The molecule has 1 aromatic rings. The summed E-state index contributed by atoms with van der Waals surface area (Å²) in [5, 5.41) is 4.63. The van der Waals surface area contributed by atoms with Gasteiger partial charge in [0.05, 0.1) is 5.69 Å². The zero-order chi connectivity index (χ0) is 13.9. The van der Waals surface area contributed by atoms with E-state index in [1.165, 1.54) is 22.0 Å². The zero-order valence-corrected chi connectivity index (χ0v) is 13.4. The lowest BCUT2D eigenvalue weighted by atomic mass is 9.80. The molecule has 4 heteroatoms. The second-order valence-electron chi connectivity index (χ2n) is 5.82. The molecule has 0 aliphatic heterocycles. The van der Waals surface area contributed by atoms with Gasteiger partial charge in [0.25, 0.3) is 0 Å². The molecule has 0 radical (unpaired) electrons. The van der Waals surface area contributed by atoms with Gasteiger partial charge in [-0.25, -0.2) is 4.98 Å². The standard InChI is InChI=1S/C15H26N2OS/c1-5-16-10-13-12(9-11(2)3)17-14(19-13)15(18-4)7-6-8-15/h11,16H,5-10H2,1-4H3. The fourth-order valence-corrected chi connectivity index (χ4v) is 3.79. The van der Waals surface area contributed by atoms with Crippen LogP contribution in [0.1, 0.15) is 55.6 Å². The Kier molecular flexibility index (Phi) is 4.98. The summed E-state index contributed by atoms with van der Waals surface area (Å²) in [5.41, 5.74) is 1.21. The number of rotatable bonds is 7. The molecule has 19 heavy (non-hydrogen) atoms. The van der Waals surface area contributed by atoms with Gasteiger partial charge < -0.3 is 10.1 Å². The van der Waals surface area contributed by atoms with Gasteiger partial charge in [-0.3, -0.25) is 0 Å². The minimum atomic E-state index is -0.0686. The normalized spacial score (nSPS) is 17.7. The van der Waals surface area contributed by atoms with Crippen molar-refractivity contribution in [2.24, 2.45) is 5.92 Å². The van der Waals surface area contributed by atoms with Crippen molar-refractivity contribution in [1.82, 2.24) is 10.3 Å². The number of methoxy groups -OCH3 is 1. The Balaban J connectivity index is 2.22. The van der Waals surface area contributed by atoms with Gasteiger partial charge in [-0.15, -0.1) is 11.3 Å². The van der Waals surface area contributed by atoms with E-state index in [-0.39, 0.29) is 5.60 Å². The molecule has 2 rings (SSSR count). The van der Waals surface area contributed by atoms with E-state index >= 15 is 0 Å². The van der Waals surface area contributed by atoms with Crippen LogP contribution in [0.4, 0.5) is 0 Å². The van der Waals surface area contributed by atoms with E-state index in [0.29, 0.717) is 5.92 Å². The average molecular weight is 282 g/mol. The SMILES string of the molecule is CCNCc1sc(C2(OC)CCC2)nc1CC(C)C. The van der Waals surface area contributed by atoms with Gasteiger partial charge in [-0.05, 0) is 38.1 Å². The van der Waals surface area contributed by atoms with Crippen LogP contribution in [0.5, 0.6) is 0 Å². The van der Waals surface area contributed by atoms with Crippen LogP contribution in [0.2, 0.25) is 0 Å². The average Bonchev–Trinajstić information content (AvgIpc) is 2.68. The zero-order valence-electron chi connectivity index (χ0n) is 12.6. The predicted octanol–water partition coefficient (Wildman–Crippen LogP) is 3.48. The Hall–Kier alpha value is -0.450. The van der Waals surface area contributed by atoms with Crippen LogP contribution in [0.15, 0.2) is 0 Å². The van der Waals surface area contributed by atoms with Crippen LogP contribution in [-0.4, -0.2) is 18.6 Å². The first-order chi connectivity index (χ1) is 9.11. The number of thiazole rings is 1.